The Bertz CT molecular complexity index is 787. The number of hydrogen-bond donors (Lipinski definition) is 2. The predicted octanol–water partition coefficient (Wildman–Crippen LogP) is 1.92. The minimum Gasteiger partial charge on any atom is -0.468 e. The van der Waals surface area contributed by atoms with Gasteiger partial charge in [-0.3, -0.25) is 14.5 Å². The second kappa shape index (κ2) is 10.1. The van der Waals surface area contributed by atoms with Gasteiger partial charge in [0.1, 0.15) is 11.6 Å². The Morgan fingerprint density at radius 3 is 2.38 bits per heavy atom. The molecule has 1 aromatic carbocycles. The summed E-state index contributed by atoms with van der Waals surface area (Å²) in [5, 5.41) is 5.29. The first-order valence-electron chi connectivity index (χ1n) is 9.92. The van der Waals surface area contributed by atoms with Gasteiger partial charge < -0.3 is 20.0 Å². The van der Waals surface area contributed by atoms with Crippen molar-refractivity contribution in [1.29, 1.82) is 0 Å². The van der Waals surface area contributed by atoms with Crippen molar-refractivity contribution in [3.05, 3.63) is 54.2 Å². The van der Waals surface area contributed by atoms with E-state index in [1.165, 1.54) is 12.1 Å². The summed E-state index contributed by atoms with van der Waals surface area (Å²) in [7, 11) is 0. The third-order valence-corrected chi connectivity index (χ3v) is 5.02. The molecule has 156 valence electrons. The van der Waals surface area contributed by atoms with Gasteiger partial charge in [0.25, 0.3) is 0 Å². The van der Waals surface area contributed by atoms with Crippen LogP contribution in [0.15, 0.2) is 47.1 Å². The van der Waals surface area contributed by atoms with E-state index in [-0.39, 0.29) is 18.4 Å². The minimum atomic E-state index is -0.639. The van der Waals surface area contributed by atoms with Crippen molar-refractivity contribution >= 4 is 17.5 Å². The van der Waals surface area contributed by atoms with Gasteiger partial charge in [0.15, 0.2) is 0 Å². The van der Waals surface area contributed by atoms with Crippen LogP contribution in [0.1, 0.15) is 25.1 Å². The number of hydrogen-bond acceptors (Lipinski definition) is 5. The minimum absolute atomic E-state index is 0.164. The molecule has 1 aliphatic heterocycles. The van der Waals surface area contributed by atoms with Gasteiger partial charge in [0, 0.05) is 45.0 Å². The van der Waals surface area contributed by atoms with Crippen LogP contribution in [0.2, 0.25) is 0 Å². The lowest BCUT2D eigenvalue weighted by molar-refractivity contribution is -0.139. The second-order valence-electron chi connectivity index (χ2n) is 7.00. The molecule has 1 aliphatic rings. The highest BCUT2D eigenvalue weighted by Crippen LogP contribution is 2.24. The predicted molar refractivity (Wildman–Crippen MR) is 108 cm³/mol. The lowest BCUT2D eigenvalue weighted by Gasteiger charge is -2.39. The van der Waals surface area contributed by atoms with E-state index >= 15 is 0 Å². The number of piperazine rings is 1. The van der Waals surface area contributed by atoms with Gasteiger partial charge in [-0.2, -0.15) is 0 Å². The summed E-state index contributed by atoms with van der Waals surface area (Å²) in [5.74, 6) is -0.760. The summed E-state index contributed by atoms with van der Waals surface area (Å²) in [4.78, 5) is 28.3. The molecule has 2 N–H and O–H groups in total. The van der Waals surface area contributed by atoms with Gasteiger partial charge in [-0.15, -0.1) is 0 Å². The number of anilines is 1. The topological polar surface area (TPSA) is 77.8 Å². The number of furan rings is 1. The molecule has 0 saturated carbocycles. The van der Waals surface area contributed by atoms with Crippen molar-refractivity contribution in [2.45, 2.75) is 19.4 Å². The van der Waals surface area contributed by atoms with Crippen molar-refractivity contribution in [3.63, 3.8) is 0 Å². The molecule has 1 saturated heterocycles. The van der Waals surface area contributed by atoms with Crippen LogP contribution in [0.25, 0.3) is 0 Å². The molecule has 2 amide bonds. The Balaban J connectivity index is 1.59. The zero-order valence-electron chi connectivity index (χ0n) is 16.6. The van der Waals surface area contributed by atoms with Crippen LogP contribution >= 0.6 is 0 Å². The van der Waals surface area contributed by atoms with Crippen LogP contribution < -0.4 is 15.5 Å². The van der Waals surface area contributed by atoms with Gasteiger partial charge >= 0.3 is 11.8 Å². The third-order valence-electron chi connectivity index (χ3n) is 5.02. The Hall–Kier alpha value is -2.87. The molecule has 0 unspecified atom stereocenters. The highest BCUT2D eigenvalue weighted by Gasteiger charge is 2.28. The smallest absolute Gasteiger partial charge is 0.309 e. The Labute approximate surface area is 169 Å². The molecule has 1 atom stereocenters. The first-order chi connectivity index (χ1) is 14.1. The zero-order valence-corrected chi connectivity index (χ0v) is 16.6. The second-order valence-corrected chi connectivity index (χ2v) is 7.00. The highest BCUT2D eigenvalue weighted by atomic mass is 19.1. The fourth-order valence-electron chi connectivity index (χ4n) is 3.42. The van der Waals surface area contributed by atoms with Crippen LogP contribution in [0.3, 0.4) is 0 Å². The van der Waals surface area contributed by atoms with E-state index in [9.17, 15) is 14.0 Å². The SMILES string of the molecule is CCCNC(=O)C(=O)NC[C@H](c1ccco1)N1CCN(c2ccc(F)cc2)CC1. The molecular formula is C21H27FN4O3. The maximum atomic E-state index is 13.2. The van der Waals surface area contributed by atoms with Crippen LogP contribution in [0, 0.1) is 5.82 Å². The maximum Gasteiger partial charge on any atom is 0.309 e. The molecule has 1 fully saturated rings. The monoisotopic (exact) mass is 402 g/mol. The van der Waals surface area contributed by atoms with Crippen molar-refractivity contribution in [2.75, 3.05) is 44.2 Å². The number of nitrogens with one attached hydrogen (secondary N) is 2. The van der Waals surface area contributed by atoms with E-state index in [1.54, 1.807) is 18.4 Å². The Morgan fingerprint density at radius 1 is 1.07 bits per heavy atom. The van der Waals surface area contributed by atoms with Gasteiger partial charge in [0.2, 0.25) is 0 Å². The first kappa shape index (κ1) is 20.9. The number of amides is 2. The number of rotatable bonds is 7. The van der Waals surface area contributed by atoms with Gasteiger partial charge in [-0.25, -0.2) is 4.39 Å². The number of benzene rings is 1. The summed E-state index contributed by atoms with van der Waals surface area (Å²) in [6.07, 6.45) is 2.37. The average molecular weight is 402 g/mol. The molecule has 29 heavy (non-hydrogen) atoms. The summed E-state index contributed by atoms with van der Waals surface area (Å²) in [6.45, 7) is 5.72. The van der Waals surface area contributed by atoms with Gasteiger partial charge in [-0.05, 0) is 42.8 Å². The van der Waals surface area contributed by atoms with Crippen molar-refractivity contribution in [3.8, 4) is 0 Å². The lowest BCUT2D eigenvalue weighted by atomic mass is 10.1. The average Bonchev–Trinajstić information content (AvgIpc) is 3.27. The maximum absolute atomic E-state index is 13.2. The van der Waals surface area contributed by atoms with E-state index in [2.05, 4.69) is 20.4 Å². The van der Waals surface area contributed by atoms with E-state index in [1.807, 2.05) is 19.1 Å². The molecule has 0 radical (unpaired) electrons. The highest BCUT2D eigenvalue weighted by molar-refractivity contribution is 6.35. The summed E-state index contributed by atoms with van der Waals surface area (Å²) < 4.78 is 18.7. The molecule has 7 nitrogen and oxygen atoms in total. The van der Waals surface area contributed by atoms with E-state index in [4.69, 9.17) is 4.42 Å². The standard InChI is InChI=1S/C21H27FN4O3/c1-2-9-23-20(27)21(28)24-15-18(19-4-3-14-29-19)26-12-10-25(11-13-26)17-7-5-16(22)6-8-17/h3-8,14,18H,2,9-13,15H2,1H3,(H,23,27)(H,24,28)/t18-/m1/s1. The molecule has 3 rings (SSSR count). The molecule has 2 aromatic rings. The van der Waals surface area contributed by atoms with E-state index in [0.717, 1.165) is 44.0 Å². The summed E-state index contributed by atoms with van der Waals surface area (Å²) in [5.41, 5.74) is 0.987. The Morgan fingerprint density at radius 2 is 1.76 bits per heavy atom. The van der Waals surface area contributed by atoms with E-state index < -0.39 is 11.8 Å². The van der Waals surface area contributed by atoms with Gasteiger partial charge in [-0.1, -0.05) is 6.92 Å². The lowest BCUT2D eigenvalue weighted by Crippen LogP contribution is -2.50. The molecule has 1 aromatic heterocycles. The molecule has 8 heteroatoms. The molecule has 0 spiro atoms. The fourth-order valence-corrected chi connectivity index (χ4v) is 3.42. The quantitative estimate of drug-likeness (QED) is 0.692. The van der Waals surface area contributed by atoms with Crippen molar-refractivity contribution < 1.29 is 18.4 Å². The molecule has 0 bridgehead atoms. The fraction of sp³-hybridized carbons (Fsp3) is 0.429. The normalized spacial score (nSPS) is 15.7. The summed E-state index contributed by atoms with van der Waals surface area (Å²) in [6, 6.07) is 10.0. The third kappa shape index (κ3) is 5.57. The van der Waals surface area contributed by atoms with Crippen molar-refractivity contribution in [1.82, 2.24) is 15.5 Å². The summed E-state index contributed by atoms with van der Waals surface area (Å²) >= 11 is 0. The molecular weight excluding hydrogens is 375 g/mol. The van der Waals surface area contributed by atoms with Gasteiger partial charge in [0.05, 0.1) is 12.3 Å². The van der Waals surface area contributed by atoms with E-state index in [0.29, 0.717) is 6.54 Å². The number of carbonyl (C=O) groups excluding carboxylic acids is 2. The number of carbonyl (C=O) groups is 2. The Kier molecular flexibility index (Phi) is 7.24. The number of nitrogens with zero attached hydrogens (tertiary/aromatic N) is 2. The van der Waals surface area contributed by atoms with Crippen LogP contribution in [0.5, 0.6) is 0 Å². The molecule has 2 heterocycles. The zero-order chi connectivity index (χ0) is 20.6. The first-order valence-corrected chi connectivity index (χ1v) is 9.92. The van der Waals surface area contributed by atoms with Crippen molar-refractivity contribution in [2.24, 2.45) is 0 Å². The molecule has 0 aliphatic carbocycles. The number of halogens is 1. The van der Waals surface area contributed by atoms with Crippen LogP contribution in [0.4, 0.5) is 10.1 Å². The van der Waals surface area contributed by atoms with Crippen LogP contribution in [-0.2, 0) is 9.59 Å². The van der Waals surface area contributed by atoms with Crippen LogP contribution in [-0.4, -0.2) is 56.0 Å². The largest absolute Gasteiger partial charge is 0.468 e.